The minimum Gasteiger partial charge on any atom is -0.359 e. The molecule has 5 nitrogen and oxygen atoms in total. The molecule has 25 heavy (non-hydrogen) atoms. The van der Waals surface area contributed by atoms with E-state index in [1.54, 1.807) is 6.07 Å². The van der Waals surface area contributed by atoms with Crippen LogP contribution in [0.5, 0.6) is 0 Å². The van der Waals surface area contributed by atoms with Crippen LogP contribution in [0.1, 0.15) is 12.5 Å². The number of hydrogen-bond donors (Lipinski definition) is 2. The van der Waals surface area contributed by atoms with Gasteiger partial charge in [-0.15, -0.1) is 0 Å². The first-order chi connectivity index (χ1) is 12.0. The Hall–Kier alpha value is -2.34. The topological polar surface area (TPSA) is 61.4 Å². The van der Waals surface area contributed by atoms with Gasteiger partial charge in [0.1, 0.15) is 0 Å². The molecule has 6 heteroatoms. The molecule has 2 amide bonds. The Bertz CT molecular complexity index is 794. The third-order valence-corrected chi connectivity index (χ3v) is 4.95. The van der Waals surface area contributed by atoms with Gasteiger partial charge in [-0.1, -0.05) is 30.3 Å². The van der Waals surface area contributed by atoms with Gasteiger partial charge in [0.05, 0.1) is 18.8 Å². The van der Waals surface area contributed by atoms with Crippen molar-refractivity contribution in [2.45, 2.75) is 19.4 Å². The van der Waals surface area contributed by atoms with Gasteiger partial charge in [-0.25, -0.2) is 0 Å². The van der Waals surface area contributed by atoms with Crippen molar-refractivity contribution in [2.24, 2.45) is 0 Å². The predicted octanol–water partition coefficient (Wildman–Crippen LogP) is 2.96. The zero-order valence-electron chi connectivity index (χ0n) is 14.0. The molecule has 0 aromatic heterocycles. The molecular formula is C19H20BrN3O2. The van der Waals surface area contributed by atoms with Gasteiger partial charge >= 0.3 is 0 Å². The number of amides is 2. The van der Waals surface area contributed by atoms with Crippen molar-refractivity contribution in [2.75, 3.05) is 23.3 Å². The van der Waals surface area contributed by atoms with Crippen LogP contribution in [0, 0.1) is 0 Å². The number of nitrogens with one attached hydrogen (secondary N) is 2. The summed E-state index contributed by atoms with van der Waals surface area (Å²) in [4.78, 5) is 26.3. The van der Waals surface area contributed by atoms with Crippen LogP contribution >= 0.6 is 15.9 Å². The summed E-state index contributed by atoms with van der Waals surface area (Å²) in [5.74, 6) is -0.416. The van der Waals surface area contributed by atoms with E-state index in [1.807, 2.05) is 36.4 Å². The smallest absolute Gasteiger partial charge is 0.243 e. The van der Waals surface area contributed by atoms with E-state index in [1.165, 1.54) is 5.56 Å². The van der Waals surface area contributed by atoms with Crippen LogP contribution in [0.3, 0.4) is 0 Å². The van der Waals surface area contributed by atoms with E-state index < -0.39 is 0 Å². The Morgan fingerprint density at radius 3 is 2.64 bits per heavy atom. The summed E-state index contributed by atoms with van der Waals surface area (Å²) in [5, 5.41) is 5.46. The van der Waals surface area contributed by atoms with E-state index in [4.69, 9.17) is 0 Å². The molecule has 1 aliphatic heterocycles. The highest BCUT2D eigenvalue weighted by Gasteiger charge is 2.27. The maximum Gasteiger partial charge on any atom is 0.243 e. The fourth-order valence-corrected chi connectivity index (χ4v) is 3.40. The molecule has 0 spiro atoms. The molecule has 1 unspecified atom stereocenters. The van der Waals surface area contributed by atoms with Gasteiger partial charge in [0.15, 0.2) is 0 Å². The van der Waals surface area contributed by atoms with Crippen molar-refractivity contribution >= 4 is 39.1 Å². The predicted molar refractivity (Wildman–Crippen MR) is 103 cm³/mol. The standard InChI is InChI=1S/C19H20BrN3O2/c1-13-10-14-6-2-5-9-17(14)23(13)12-19(25)21-11-18(24)22-16-8-4-3-7-15(16)20/h2-9,13H,10-12H2,1H3,(H,21,25)(H,22,24). The summed E-state index contributed by atoms with van der Waals surface area (Å²) in [6.07, 6.45) is 0.936. The minimum atomic E-state index is -0.255. The largest absolute Gasteiger partial charge is 0.359 e. The second-order valence-corrected chi connectivity index (χ2v) is 6.97. The third kappa shape index (κ3) is 4.20. The zero-order valence-corrected chi connectivity index (χ0v) is 15.5. The van der Waals surface area contributed by atoms with Crippen molar-refractivity contribution in [3.8, 4) is 0 Å². The first-order valence-corrected chi connectivity index (χ1v) is 8.99. The zero-order chi connectivity index (χ0) is 17.8. The van der Waals surface area contributed by atoms with Crippen LogP contribution in [-0.4, -0.2) is 30.9 Å². The molecule has 1 atom stereocenters. The Morgan fingerprint density at radius 1 is 1.12 bits per heavy atom. The van der Waals surface area contributed by atoms with E-state index in [-0.39, 0.29) is 30.9 Å². The van der Waals surface area contributed by atoms with E-state index in [2.05, 4.69) is 44.5 Å². The fourth-order valence-electron chi connectivity index (χ4n) is 3.02. The fraction of sp³-hybridized carbons (Fsp3) is 0.263. The quantitative estimate of drug-likeness (QED) is 0.809. The summed E-state index contributed by atoms with van der Waals surface area (Å²) in [7, 11) is 0. The maximum absolute atomic E-state index is 12.2. The van der Waals surface area contributed by atoms with Crippen LogP contribution in [0.15, 0.2) is 53.0 Å². The molecule has 0 saturated heterocycles. The second kappa shape index (κ2) is 7.70. The van der Waals surface area contributed by atoms with E-state index in [0.717, 1.165) is 16.6 Å². The molecule has 1 heterocycles. The van der Waals surface area contributed by atoms with Gasteiger partial charge in [0.25, 0.3) is 0 Å². The maximum atomic E-state index is 12.2. The second-order valence-electron chi connectivity index (χ2n) is 6.11. The Labute approximate surface area is 155 Å². The Morgan fingerprint density at radius 2 is 1.84 bits per heavy atom. The molecule has 2 aromatic rings. The SMILES string of the molecule is CC1Cc2ccccc2N1CC(=O)NCC(=O)Nc1ccccc1Br. The van der Waals surface area contributed by atoms with Gasteiger partial charge in [0.2, 0.25) is 11.8 Å². The van der Waals surface area contributed by atoms with Crippen LogP contribution in [0.4, 0.5) is 11.4 Å². The van der Waals surface area contributed by atoms with Gasteiger partial charge in [0, 0.05) is 16.2 Å². The molecule has 0 radical (unpaired) electrons. The number of carbonyl (C=O) groups excluding carboxylic acids is 2. The third-order valence-electron chi connectivity index (χ3n) is 4.26. The van der Waals surface area contributed by atoms with Gasteiger partial charge in [-0.3, -0.25) is 9.59 Å². The van der Waals surface area contributed by atoms with Gasteiger partial charge < -0.3 is 15.5 Å². The number of rotatable bonds is 5. The lowest BCUT2D eigenvalue weighted by Crippen LogP contribution is -2.42. The number of anilines is 2. The molecule has 0 fully saturated rings. The number of nitrogens with zero attached hydrogens (tertiary/aromatic N) is 1. The van der Waals surface area contributed by atoms with Crippen molar-refractivity contribution in [3.05, 3.63) is 58.6 Å². The van der Waals surface area contributed by atoms with E-state index in [0.29, 0.717) is 5.69 Å². The lowest BCUT2D eigenvalue weighted by molar-refractivity contribution is -0.123. The van der Waals surface area contributed by atoms with Crippen molar-refractivity contribution in [1.29, 1.82) is 0 Å². The van der Waals surface area contributed by atoms with Crippen molar-refractivity contribution in [3.63, 3.8) is 0 Å². The number of hydrogen-bond acceptors (Lipinski definition) is 3. The van der Waals surface area contributed by atoms with Crippen LogP contribution < -0.4 is 15.5 Å². The average molecular weight is 402 g/mol. The normalized spacial score (nSPS) is 15.6. The minimum absolute atomic E-state index is 0.0516. The van der Waals surface area contributed by atoms with E-state index >= 15 is 0 Å². The number of fused-ring (bicyclic) bond motifs is 1. The average Bonchev–Trinajstić information content (AvgIpc) is 2.91. The van der Waals surface area contributed by atoms with Gasteiger partial charge in [-0.05, 0) is 53.0 Å². The molecule has 3 rings (SSSR count). The molecule has 1 aliphatic rings. The summed E-state index contributed by atoms with van der Waals surface area (Å²) in [5.41, 5.74) is 3.04. The summed E-state index contributed by atoms with van der Waals surface area (Å²) < 4.78 is 0.803. The number of benzene rings is 2. The molecule has 130 valence electrons. The molecule has 0 saturated carbocycles. The van der Waals surface area contributed by atoms with Crippen molar-refractivity contribution in [1.82, 2.24) is 5.32 Å². The van der Waals surface area contributed by atoms with Crippen LogP contribution in [0.2, 0.25) is 0 Å². The molecule has 0 bridgehead atoms. The highest BCUT2D eigenvalue weighted by Crippen LogP contribution is 2.31. The summed E-state index contributed by atoms with van der Waals surface area (Å²) in [6.45, 7) is 2.30. The lowest BCUT2D eigenvalue weighted by atomic mass is 10.1. The van der Waals surface area contributed by atoms with Gasteiger partial charge in [-0.2, -0.15) is 0 Å². The van der Waals surface area contributed by atoms with Crippen LogP contribution in [-0.2, 0) is 16.0 Å². The van der Waals surface area contributed by atoms with Crippen molar-refractivity contribution < 1.29 is 9.59 Å². The first kappa shape index (κ1) is 17.5. The number of para-hydroxylation sites is 2. The number of carbonyl (C=O) groups is 2. The molecule has 2 N–H and O–H groups in total. The molecule has 0 aliphatic carbocycles. The lowest BCUT2D eigenvalue weighted by Gasteiger charge is -2.24. The number of halogens is 1. The molecular weight excluding hydrogens is 382 g/mol. The monoisotopic (exact) mass is 401 g/mol. The Balaban J connectivity index is 1.52. The van der Waals surface area contributed by atoms with Crippen LogP contribution in [0.25, 0.3) is 0 Å². The Kier molecular flexibility index (Phi) is 5.38. The summed E-state index contributed by atoms with van der Waals surface area (Å²) in [6, 6.07) is 15.8. The highest BCUT2D eigenvalue weighted by atomic mass is 79.9. The first-order valence-electron chi connectivity index (χ1n) is 8.20. The highest BCUT2D eigenvalue weighted by molar-refractivity contribution is 9.10. The molecule has 2 aromatic carbocycles. The van der Waals surface area contributed by atoms with E-state index in [9.17, 15) is 9.59 Å². The summed E-state index contributed by atoms with van der Waals surface area (Å²) >= 11 is 3.38.